The number of para-hydroxylation sites is 1. The van der Waals surface area contributed by atoms with E-state index in [0.717, 1.165) is 18.4 Å². The number of amides is 3. The van der Waals surface area contributed by atoms with Crippen LogP contribution in [0.1, 0.15) is 68.6 Å². The second-order valence-corrected chi connectivity index (χ2v) is 14.5. The lowest BCUT2D eigenvalue weighted by molar-refractivity contribution is -0.163. The lowest BCUT2D eigenvalue weighted by Gasteiger charge is -2.37. The topological polar surface area (TPSA) is 135 Å². The van der Waals surface area contributed by atoms with Crippen LogP contribution in [0.4, 0.5) is 5.69 Å². The zero-order valence-corrected chi connectivity index (χ0v) is 31.5. The standard InChI is InChI=1S/C41H52ClN3O8/c1-5-7-20-32(47)43-30(26-51-4)36(28-17-11-10-12-18-28)52-40(50)33-31-21-22-41(53-31)34(33)38(48)45(24-13-8-9-14-25-46)37(41)39(49)44(23-6-2)35-27(3)16-15-19-29(35)42/h5-6,10-12,15-19,30-31,33-34,36-37,46H,1-2,7-9,13-14,20-26H2,3-4H3,(H,43,47)/t30-,31-,33+,34+,36-,37-,41+/m1/s1. The third-order valence-corrected chi connectivity index (χ3v) is 11.0. The van der Waals surface area contributed by atoms with Crippen molar-refractivity contribution in [2.75, 3.05) is 38.3 Å². The van der Waals surface area contributed by atoms with E-state index in [1.165, 1.54) is 7.11 Å². The van der Waals surface area contributed by atoms with Crippen molar-refractivity contribution in [3.05, 3.63) is 90.0 Å². The van der Waals surface area contributed by atoms with Crippen molar-refractivity contribution in [3.8, 4) is 0 Å². The molecule has 0 unspecified atom stereocenters. The summed E-state index contributed by atoms with van der Waals surface area (Å²) in [5, 5.41) is 12.7. The summed E-state index contributed by atoms with van der Waals surface area (Å²) >= 11 is 6.70. The Morgan fingerprint density at radius 1 is 1.11 bits per heavy atom. The maximum absolute atomic E-state index is 15.0. The number of esters is 1. The van der Waals surface area contributed by atoms with Gasteiger partial charge in [-0.1, -0.05) is 79.1 Å². The van der Waals surface area contributed by atoms with Crippen molar-refractivity contribution < 1.29 is 38.5 Å². The highest BCUT2D eigenvalue weighted by molar-refractivity contribution is 6.34. The van der Waals surface area contributed by atoms with Gasteiger partial charge in [0.05, 0.1) is 41.3 Å². The largest absolute Gasteiger partial charge is 0.455 e. The Morgan fingerprint density at radius 2 is 1.87 bits per heavy atom. The molecule has 7 atom stereocenters. The first-order valence-electron chi connectivity index (χ1n) is 18.5. The number of rotatable bonds is 20. The van der Waals surface area contributed by atoms with Gasteiger partial charge < -0.3 is 34.4 Å². The van der Waals surface area contributed by atoms with E-state index < -0.39 is 47.7 Å². The third-order valence-electron chi connectivity index (χ3n) is 10.7. The number of fused-ring (bicyclic) bond motifs is 1. The monoisotopic (exact) mass is 749 g/mol. The number of anilines is 1. The van der Waals surface area contributed by atoms with Crippen LogP contribution in [-0.4, -0.2) is 90.9 Å². The fourth-order valence-corrected chi connectivity index (χ4v) is 8.67. The highest BCUT2D eigenvalue weighted by Crippen LogP contribution is 2.59. The maximum Gasteiger partial charge on any atom is 0.313 e. The van der Waals surface area contributed by atoms with Gasteiger partial charge in [-0.15, -0.1) is 13.2 Å². The highest BCUT2D eigenvalue weighted by atomic mass is 35.5. The van der Waals surface area contributed by atoms with Crippen LogP contribution in [-0.2, 0) is 33.4 Å². The number of likely N-dealkylation sites (tertiary alicyclic amines) is 1. The lowest BCUT2D eigenvalue weighted by Crippen LogP contribution is -2.56. The number of methoxy groups -OCH3 is 1. The number of carbonyl (C=O) groups excluding carboxylic acids is 4. The van der Waals surface area contributed by atoms with Crippen LogP contribution in [0.2, 0.25) is 5.02 Å². The third kappa shape index (κ3) is 8.38. The molecule has 2 N–H and O–H groups in total. The molecule has 3 fully saturated rings. The summed E-state index contributed by atoms with van der Waals surface area (Å²) in [6, 6.07) is 12.8. The number of unbranched alkanes of at least 4 members (excludes halogenated alkanes) is 3. The van der Waals surface area contributed by atoms with Crippen LogP contribution in [0.5, 0.6) is 0 Å². The molecule has 12 heteroatoms. The van der Waals surface area contributed by atoms with Crippen molar-refractivity contribution in [1.29, 1.82) is 0 Å². The van der Waals surface area contributed by atoms with Crippen molar-refractivity contribution >= 4 is 41.0 Å². The summed E-state index contributed by atoms with van der Waals surface area (Å²) < 4.78 is 18.5. The molecule has 11 nitrogen and oxygen atoms in total. The van der Waals surface area contributed by atoms with Gasteiger partial charge in [-0.05, 0) is 56.2 Å². The number of hydrogen-bond donors (Lipinski definition) is 2. The Hall–Kier alpha value is -4.03. The van der Waals surface area contributed by atoms with Crippen molar-refractivity contribution in [3.63, 3.8) is 0 Å². The summed E-state index contributed by atoms with van der Waals surface area (Å²) in [6.45, 7) is 10.0. The van der Waals surface area contributed by atoms with Crippen LogP contribution in [0.25, 0.3) is 0 Å². The second kappa shape index (κ2) is 18.3. The molecule has 5 rings (SSSR count). The Kier molecular flexibility index (Phi) is 13.9. The van der Waals surface area contributed by atoms with Crippen LogP contribution >= 0.6 is 11.6 Å². The molecule has 3 heterocycles. The van der Waals surface area contributed by atoms with Crippen molar-refractivity contribution in [2.45, 2.75) is 88.2 Å². The summed E-state index contributed by atoms with van der Waals surface area (Å²) in [6.07, 6.45) is 6.01. The van der Waals surface area contributed by atoms with Gasteiger partial charge in [-0.2, -0.15) is 0 Å². The molecule has 286 valence electrons. The predicted octanol–water partition coefficient (Wildman–Crippen LogP) is 5.48. The molecular weight excluding hydrogens is 698 g/mol. The van der Waals surface area contributed by atoms with Gasteiger partial charge in [0, 0.05) is 33.2 Å². The first-order chi connectivity index (χ1) is 25.6. The highest BCUT2D eigenvalue weighted by Gasteiger charge is 2.75. The Morgan fingerprint density at radius 3 is 2.55 bits per heavy atom. The minimum Gasteiger partial charge on any atom is -0.455 e. The maximum atomic E-state index is 15.0. The fourth-order valence-electron chi connectivity index (χ4n) is 8.35. The summed E-state index contributed by atoms with van der Waals surface area (Å²) in [7, 11) is 1.51. The predicted molar refractivity (Wildman–Crippen MR) is 202 cm³/mol. The molecule has 0 saturated carbocycles. The first-order valence-corrected chi connectivity index (χ1v) is 18.9. The van der Waals surface area contributed by atoms with E-state index in [4.69, 9.17) is 25.8 Å². The minimum absolute atomic E-state index is 0.0603. The molecule has 3 aliphatic rings. The second-order valence-electron chi connectivity index (χ2n) is 14.1. The van der Waals surface area contributed by atoms with E-state index >= 15 is 0 Å². The van der Waals surface area contributed by atoms with Crippen LogP contribution < -0.4 is 10.2 Å². The molecule has 2 bridgehead atoms. The lowest BCUT2D eigenvalue weighted by atomic mass is 9.70. The Bertz CT molecular complexity index is 1620. The Labute approximate surface area is 317 Å². The molecule has 0 aromatic heterocycles. The number of aliphatic hydroxyl groups excluding tert-OH is 1. The van der Waals surface area contributed by atoms with Gasteiger partial charge in [0.1, 0.15) is 17.7 Å². The summed E-state index contributed by atoms with van der Waals surface area (Å²) in [4.78, 5) is 60.3. The molecule has 1 spiro atoms. The smallest absolute Gasteiger partial charge is 0.313 e. The molecule has 3 amide bonds. The molecular formula is C41H52ClN3O8. The number of benzene rings is 2. The molecule has 2 aromatic carbocycles. The molecule has 53 heavy (non-hydrogen) atoms. The van der Waals surface area contributed by atoms with Gasteiger partial charge in [0.15, 0.2) is 0 Å². The van der Waals surface area contributed by atoms with E-state index in [9.17, 15) is 24.3 Å². The molecule has 3 saturated heterocycles. The van der Waals surface area contributed by atoms with E-state index in [-0.39, 0.29) is 50.4 Å². The van der Waals surface area contributed by atoms with Crippen molar-refractivity contribution in [2.24, 2.45) is 11.8 Å². The van der Waals surface area contributed by atoms with Gasteiger partial charge in [-0.25, -0.2) is 0 Å². The van der Waals surface area contributed by atoms with E-state index in [1.807, 2.05) is 49.4 Å². The molecule has 2 aromatic rings. The number of nitrogens with one attached hydrogen (secondary N) is 1. The van der Waals surface area contributed by atoms with E-state index in [0.29, 0.717) is 48.4 Å². The van der Waals surface area contributed by atoms with Crippen LogP contribution in [0.3, 0.4) is 0 Å². The number of ether oxygens (including phenoxy) is 3. The van der Waals surface area contributed by atoms with Gasteiger partial charge in [0.25, 0.3) is 5.91 Å². The van der Waals surface area contributed by atoms with Gasteiger partial charge in [0.2, 0.25) is 11.8 Å². The number of aliphatic hydroxyl groups is 1. The normalized spacial score (nSPS) is 24.0. The number of hydrogen-bond acceptors (Lipinski definition) is 8. The summed E-state index contributed by atoms with van der Waals surface area (Å²) in [5.41, 5.74) is 0.697. The molecule has 0 aliphatic carbocycles. The number of carbonyl (C=O) groups is 4. The van der Waals surface area contributed by atoms with Crippen molar-refractivity contribution in [1.82, 2.24) is 10.2 Å². The number of aryl methyl sites for hydroxylation is 1. The summed E-state index contributed by atoms with van der Waals surface area (Å²) in [5.74, 6) is -3.50. The van der Waals surface area contributed by atoms with Gasteiger partial charge in [-0.3, -0.25) is 19.2 Å². The number of halogens is 1. The average Bonchev–Trinajstić information content (AvgIpc) is 3.79. The average molecular weight is 750 g/mol. The number of allylic oxidation sites excluding steroid dienone is 1. The van der Waals surface area contributed by atoms with E-state index in [1.54, 1.807) is 28.0 Å². The molecule has 3 aliphatic heterocycles. The fraction of sp³-hybridized carbons (Fsp3) is 0.512. The molecule has 0 radical (unpaired) electrons. The minimum atomic E-state index is -1.27. The van der Waals surface area contributed by atoms with Crippen LogP contribution in [0, 0.1) is 18.8 Å². The SMILES string of the molecule is C=CCCC(=O)N[C@H](COC)[C@H](OC(=O)[C@@H]1[C@H]2C(=O)N(CCCCCCO)[C@H](C(=O)N(CC=C)c3c(C)cccc3Cl)[C@]23CC[C@H]1O3)c1ccccc1. The zero-order chi connectivity index (χ0) is 38.1. The Balaban J connectivity index is 1.50. The quantitative estimate of drug-likeness (QED) is 0.103. The number of nitrogens with zero attached hydrogens (tertiary/aromatic N) is 2. The van der Waals surface area contributed by atoms with Crippen LogP contribution in [0.15, 0.2) is 73.8 Å². The van der Waals surface area contributed by atoms with Gasteiger partial charge >= 0.3 is 5.97 Å². The first kappa shape index (κ1) is 40.2. The zero-order valence-electron chi connectivity index (χ0n) is 30.7. The van der Waals surface area contributed by atoms with E-state index in [2.05, 4.69) is 18.5 Å².